The van der Waals surface area contributed by atoms with Crippen LogP contribution < -0.4 is 5.32 Å². The fourth-order valence-electron chi connectivity index (χ4n) is 1.74. The number of carbonyl (C=O) groups is 1. The summed E-state index contributed by atoms with van der Waals surface area (Å²) in [6.45, 7) is 0.581. The Labute approximate surface area is 106 Å². The Morgan fingerprint density at radius 1 is 1.12 bits per heavy atom. The first-order valence-electron chi connectivity index (χ1n) is 5.65. The molecule has 2 aromatic carbocycles. The average Bonchev–Trinajstić information content (AvgIpc) is 2.36. The van der Waals surface area contributed by atoms with Gasteiger partial charge >= 0.3 is 0 Å². The van der Waals surface area contributed by atoms with Crippen LogP contribution in [0.4, 0.5) is 0 Å². The summed E-state index contributed by atoms with van der Waals surface area (Å²) in [5.41, 5.74) is 1.12. The second-order valence-corrected chi connectivity index (χ2v) is 4.38. The largest absolute Gasteiger partial charge is 0.352 e. The first-order valence-corrected chi connectivity index (χ1v) is 6.28. The zero-order valence-electron chi connectivity index (χ0n) is 9.52. The standard InChI is InChI=1S/C14H15NOS/c16-14(7-8-17)15-10-11-5-6-12-3-1-2-4-13(12)9-11/h1-6,9,17H,7-8,10H2,(H,15,16). The number of hydrogen-bond donors (Lipinski definition) is 2. The summed E-state index contributed by atoms with van der Waals surface area (Å²) in [5, 5.41) is 5.30. The normalized spacial score (nSPS) is 10.4. The van der Waals surface area contributed by atoms with Gasteiger partial charge in [-0.2, -0.15) is 12.6 Å². The molecular weight excluding hydrogens is 230 g/mol. The van der Waals surface area contributed by atoms with Crippen molar-refractivity contribution in [1.82, 2.24) is 5.32 Å². The van der Waals surface area contributed by atoms with Crippen molar-refractivity contribution < 1.29 is 4.79 Å². The van der Waals surface area contributed by atoms with Crippen LogP contribution in [0.15, 0.2) is 42.5 Å². The molecule has 0 fully saturated rings. The van der Waals surface area contributed by atoms with Crippen molar-refractivity contribution >= 4 is 29.3 Å². The number of rotatable bonds is 4. The Kier molecular flexibility index (Phi) is 4.04. The van der Waals surface area contributed by atoms with Gasteiger partial charge in [0, 0.05) is 13.0 Å². The first-order chi connectivity index (χ1) is 8.29. The molecule has 0 saturated heterocycles. The van der Waals surface area contributed by atoms with Gasteiger partial charge in [-0.25, -0.2) is 0 Å². The smallest absolute Gasteiger partial charge is 0.221 e. The van der Waals surface area contributed by atoms with Crippen molar-refractivity contribution in [2.45, 2.75) is 13.0 Å². The number of carbonyl (C=O) groups excluding carboxylic acids is 1. The number of benzene rings is 2. The van der Waals surface area contributed by atoms with Crippen molar-refractivity contribution in [1.29, 1.82) is 0 Å². The van der Waals surface area contributed by atoms with Crippen LogP contribution >= 0.6 is 12.6 Å². The summed E-state index contributed by atoms with van der Waals surface area (Å²) < 4.78 is 0. The van der Waals surface area contributed by atoms with Gasteiger partial charge in [0.2, 0.25) is 5.91 Å². The minimum atomic E-state index is 0.0492. The van der Waals surface area contributed by atoms with E-state index in [-0.39, 0.29) is 5.91 Å². The second-order valence-electron chi connectivity index (χ2n) is 3.93. The number of fused-ring (bicyclic) bond motifs is 1. The van der Waals surface area contributed by atoms with Crippen molar-refractivity contribution in [2.75, 3.05) is 5.75 Å². The van der Waals surface area contributed by atoms with Gasteiger partial charge in [-0.3, -0.25) is 4.79 Å². The summed E-state index contributed by atoms with van der Waals surface area (Å²) in [7, 11) is 0. The van der Waals surface area contributed by atoms with Crippen LogP contribution in [0, 0.1) is 0 Å². The summed E-state index contributed by atoms with van der Waals surface area (Å²) in [4.78, 5) is 11.3. The lowest BCUT2D eigenvalue weighted by Crippen LogP contribution is -2.22. The van der Waals surface area contributed by atoms with E-state index in [2.05, 4.69) is 42.2 Å². The van der Waals surface area contributed by atoms with Crippen LogP contribution in [0.25, 0.3) is 10.8 Å². The Hall–Kier alpha value is -1.48. The molecule has 17 heavy (non-hydrogen) atoms. The molecule has 0 aliphatic carbocycles. The highest BCUT2D eigenvalue weighted by Gasteiger charge is 2.00. The van der Waals surface area contributed by atoms with Gasteiger partial charge in [0.15, 0.2) is 0 Å². The molecular formula is C14H15NOS. The van der Waals surface area contributed by atoms with Crippen LogP contribution in [0.2, 0.25) is 0 Å². The highest BCUT2D eigenvalue weighted by molar-refractivity contribution is 7.80. The van der Waals surface area contributed by atoms with E-state index >= 15 is 0 Å². The van der Waals surface area contributed by atoms with Gasteiger partial charge in [-0.1, -0.05) is 36.4 Å². The predicted octanol–water partition coefficient (Wildman–Crippen LogP) is 2.78. The molecule has 2 rings (SSSR count). The molecule has 0 radical (unpaired) electrons. The molecule has 0 heterocycles. The first kappa shape index (κ1) is 12.0. The Morgan fingerprint density at radius 2 is 1.88 bits per heavy atom. The lowest BCUT2D eigenvalue weighted by molar-refractivity contribution is -0.120. The second kappa shape index (κ2) is 5.73. The quantitative estimate of drug-likeness (QED) is 0.797. The van der Waals surface area contributed by atoms with Gasteiger partial charge in [0.25, 0.3) is 0 Å². The fraction of sp³-hybridized carbons (Fsp3) is 0.214. The predicted molar refractivity (Wildman–Crippen MR) is 74.3 cm³/mol. The highest BCUT2D eigenvalue weighted by atomic mass is 32.1. The van der Waals surface area contributed by atoms with E-state index in [0.29, 0.717) is 18.7 Å². The van der Waals surface area contributed by atoms with Crippen LogP contribution in [0.5, 0.6) is 0 Å². The molecule has 1 N–H and O–H groups in total. The van der Waals surface area contributed by atoms with Crippen LogP contribution in [-0.2, 0) is 11.3 Å². The van der Waals surface area contributed by atoms with Crippen molar-refractivity contribution in [3.8, 4) is 0 Å². The average molecular weight is 245 g/mol. The van der Waals surface area contributed by atoms with Gasteiger partial charge in [0.05, 0.1) is 0 Å². The number of nitrogens with one attached hydrogen (secondary N) is 1. The zero-order valence-corrected chi connectivity index (χ0v) is 10.4. The van der Waals surface area contributed by atoms with E-state index in [0.717, 1.165) is 5.56 Å². The van der Waals surface area contributed by atoms with Gasteiger partial charge in [0.1, 0.15) is 0 Å². The minimum absolute atomic E-state index is 0.0492. The summed E-state index contributed by atoms with van der Waals surface area (Å²) in [6, 6.07) is 14.4. The maximum absolute atomic E-state index is 11.3. The topological polar surface area (TPSA) is 29.1 Å². The summed E-state index contributed by atoms with van der Waals surface area (Å²) in [5.74, 6) is 0.636. The molecule has 0 unspecified atom stereocenters. The molecule has 2 aromatic rings. The van der Waals surface area contributed by atoms with Gasteiger partial charge in [-0.05, 0) is 28.2 Å². The molecule has 0 spiro atoms. The maximum atomic E-state index is 11.3. The monoisotopic (exact) mass is 245 g/mol. The minimum Gasteiger partial charge on any atom is -0.352 e. The van der Waals surface area contributed by atoms with E-state index in [1.807, 2.05) is 18.2 Å². The Balaban J connectivity index is 2.06. The number of hydrogen-bond acceptors (Lipinski definition) is 2. The fourth-order valence-corrected chi connectivity index (χ4v) is 1.94. The molecule has 0 aliphatic rings. The Morgan fingerprint density at radius 3 is 2.65 bits per heavy atom. The van der Waals surface area contributed by atoms with Crippen LogP contribution in [0.3, 0.4) is 0 Å². The number of thiol groups is 1. The number of amides is 1. The SMILES string of the molecule is O=C(CCS)NCc1ccc2ccccc2c1. The molecule has 0 atom stereocenters. The van der Waals surface area contributed by atoms with Crippen molar-refractivity contribution in [2.24, 2.45) is 0 Å². The Bertz CT molecular complexity index is 524. The molecule has 0 bridgehead atoms. The van der Waals surface area contributed by atoms with Gasteiger partial charge in [-0.15, -0.1) is 0 Å². The summed E-state index contributed by atoms with van der Waals surface area (Å²) >= 11 is 4.03. The van der Waals surface area contributed by atoms with E-state index in [1.54, 1.807) is 0 Å². The molecule has 0 saturated carbocycles. The van der Waals surface area contributed by atoms with Crippen molar-refractivity contribution in [3.05, 3.63) is 48.0 Å². The molecule has 1 amide bonds. The molecule has 2 nitrogen and oxygen atoms in total. The van der Waals surface area contributed by atoms with E-state index < -0.39 is 0 Å². The third-order valence-electron chi connectivity index (χ3n) is 2.64. The zero-order chi connectivity index (χ0) is 12.1. The molecule has 0 aromatic heterocycles. The lowest BCUT2D eigenvalue weighted by Gasteiger charge is -2.05. The van der Waals surface area contributed by atoms with Gasteiger partial charge < -0.3 is 5.32 Å². The molecule has 88 valence electrons. The third-order valence-corrected chi connectivity index (χ3v) is 2.87. The van der Waals surface area contributed by atoms with E-state index in [4.69, 9.17) is 0 Å². The maximum Gasteiger partial charge on any atom is 0.221 e. The molecule has 0 aliphatic heterocycles. The highest BCUT2D eigenvalue weighted by Crippen LogP contribution is 2.15. The lowest BCUT2D eigenvalue weighted by atomic mass is 10.1. The summed E-state index contributed by atoms with van der Waals surface area (Å²) in [6.07, 6.45) is 0.469. The van der Waals surface area contributed by atoms with Crippen molar-refractivity contribution in [3.63, 3.8) is 0 Å². The third kappa shape index (κ3) is 3.24. The van der Waals surface area contributed by atoms with E-state index in [1.165, 1.54) is 10.8 Å². The van der Waals surface area contributed by atoms with Crippen LogP contribution in [-0.4, -0.2) is 11.7 Å². The molecule has 3 heteroatoms. The van der Waals surface area contributed by atoms with Crippen LogP contribution in [0.1, 0.15) is 12.0 Å². The van der Waals surface area contributed by atoms with E-state index in [9.17, 15) is 4.79 Å².